The minimum absolute atomic E-state index is 0.411. The van der Waals surface area contributed by atoms with Crippen molar-refractivity contribution in [2.75, 3.05) is 25.1 Å². The van der Waals surface area contributed by atoms with Gasteiger partial charge in [-0.15, -0.1) is 0 Å². The first kappa shape index (κ1) is 19.8. The predicted molar refractivity (Wildman–Crippen MR) is 104 cm³/mol. The zero-order valence-corrected chi connectivity index (χ0v) is 16.3. The van der Waals surface area contributed by atoms with Crippen molar-refractivity contribution in [1.82, 2.24) is 9.78 Å². The van der Waals surface area contributed by atoms with Crippen LogP contribution in [0.3, 0.4) is 0 Å². The number of anilines is 1. The van der Waals surface area contributed by atoms with Crippen molar-refractivity contribution in [3.63, 3.8) is 0 Å². The van der Waals surface area contributed by atoms with Gasteiger partial charge in [-0.1, -0.05) is 11.6 Å². The molecule has 1 N–H and O–H groups in total. The van der Waals surface area contributed by atoms with Crippen molar-refractivity contribution in [3.05, 3.63) is 40.7 Å². The number of aryl methyl sites for hydroxylation is 2. The van der Waals surface area contributed by atoms with Crippen LogP contribution in [0.15, 0.2) is 24.3 Å². The lowest BCUT2D eigenvalue weighted by atomic mass is 10.2. The number of esters is 1. The highest BCUT2D eigenvalue weighted by Crippen LogP contribution is 2.32. The van der Waals surface area contributed by atoms with Crippen LogP contribution in [0.1, 0.15) is 17.7 Å². The normalized spacial score (nSPS) is 13.2. The Hall–Kier alpha value is -3.00. The number of nitrogens with one attached hydrogen (secondary N) is 1. The number of hydrogen-bond donors (Lipinski definition) is 1. The van der Waals surface area contributed by atoms with Crippen LogP contribution in [-0.4, -0.2) is 41.5 Å². The molecule has 1 aromatic heterocycles. The number of fused-ring (bicyclic) bond motifs is 1. The largest absolute Gasteiger partial charge is 0.490 e. The average molecular weight is 406 g/mol. The molecular weight excluding hydrogens is 386 g/mol. The highest BCUT2D eigenvalue weighted by atomic mass is 35.5. The van der Waals surface area contributed by atoms with Crippen molar-refractivity contribution >= 4 is 35.2 Å². The first-order chi connectivity index (χ1) is 13.4. The van der Waals surface area contributed by atoms with Crippen LogP contribution in [0.25, 0.3) is 6.08 Å². The zero-order valence-electron chi connectivity index (χ0n) is 15.5. The van der Waals surface area contributed by atoms with Crippen LogP contribution >= 0.6 is 11.6 Å². The summed E-state index contributed by atoms with van der Waals surface area (Å²) in [6.45, 7) is 2.50. The quantitative estimate of drug-likeness (QED) is 0.607. The molecule has 1 aliphatic heterocycles. The summed E-state index contributed by atoms with van der Waals surface area (Å²) in [7, 11) is 1.70. The van der Waals surface area contributed by atoms with Crippen LogP contribution in [0.4, 0.5) is 5.69 Å². The fourth-order valence-electron chi connectivity index (χ4n) is 2.61. The number of halogens is 1. The lowest BCUT2D eigenvalue weighted by molar-refractivity contribution is -0.142. The molecule has 1 amide bonds. The van der Waals surface area contributed by atoms with Crippen LogP contribution in [0.5, 0.6) is 11.5 Å². The van der Waals surface area contributed by atoms with Crippen LogP contribution in [0.2, 0.25) is 5.15 Å². The first-order valence-corrected chi connectivity index (χ1v) is 9.05. The summed E-state index contributed by atoms with van der Waals surface area (Å²) in [6, 6.07) is 5.10. The molecule has 28 heavy (non-hydrogen) atoms. The van der Waals surface area contributed by atoms with Crippen molar-refractivity contribution in [2.24, 2.45) is 7.05 Å². The molecule has 0 bridgehead atoms. The number of benzene rings is 1. The van der Waals surface area contributed by atoms with Gasteiger partial charge in [-0.2, -0.15) is 5.10 Å². The van der Waals surface area contributed by atoms with E-state index >= 15 is 0 Å². The number of rotatable bonds is 5. The standard InChI is InChI=1S/C19H20ClN3O5/c1-12-14(19(20)23(2)22-12)5-7-18(25)28-11-17(24)21-13-4-6-15-16(10-13)27-9-3-8-26-15/h4-7,10H,3,8-9,11H2,1-2H3,(H,21,24)/b7-5+. The number of amides is 1. The molecule has 0 spiro atoms. The smallest absolute Gasteiger partial charge is 0.331 e. The Bertz CT molecular complexity index is 923. The second-order valence-electron chi connectivity index (χ2n) is 6.11. The Kier molecular flexibility index (Phi) is 6.20. The van der Waals surface area contributed by atoms with E-state index in [4.69, 9.17) is 25.8 Å². The Morgan fingerprint density at radius 3 is 2.79 bits per heavy atom. The Morgan fingerprint density at radius 1 is 1.32 bits per heavy atom. The molecule has 0 atom stereocenters. The second kappa shape index (κ2) is 8.79. The number of nitrogens with zero attached hydrogens (tertiary/aromatic N) is 2. The fraction of sp³-hybridized carbons (Fsp3) is 0.316. The fourth-order valence-corrected chi connectivity index (χ4v) is 2.85. The molecule has 148 valence electrons. The van der Waals surface area contributed by atoms with E-state index in [1.165, 1.54) is 16.8 Å². The van der Waals surface area contributed by atoms with Gasteiger partial charge in [0.05, 0.1) is 18.9 Å². The van der Waals surface area contributed by atoms with E-state index in [1.54, 1.807) is 32.2 Å². The van der Waals surface area contributed by atoms with Gasteiger partial charge < -0.3 is 19.5 Å². The Balaban J connectivity index is 1.52. The van der Waals surface area contributed by atoms with Gasteiger partial charge in [0.15, 0.2) is 18.1 Å². The SMILES string of the molecule is Cc1nn(C)c(Cl)c1/C=C/C(=O)OCC(=O)Nc1ccc2c(c1)OCCCO2. The van der Waals surface area contributed by atoms with E-state index in [0.717, 1.165) is 6.42 Å². The maximum atomic E-state index is 12.0. The molecule has 1 aliphatic rings. The van der Waals surface area contributed by atoms with E-state index < -0.39 is 18.5 Å². The summed E-state index contributed by atoms with van der Waals surface area (Å²) in [5.74, 6) is 0.0790. The number of hydrogen-bond acceptors (Lipinski definition) is 6. The summed E-state index contributed by atoms with van der Waals surface area (Å²) in [6.07, 6.45) is 3.51. The summed E-state index contributed by atoms with van der Waals surface area (Å²) >= 11 is 6.09. The first-order valence-electron chi connectivity index (χ1n) is 8.67. The van der Waals surface area contributed by atoms with Crippen LogP contribution in [-0.2, 0) is 21.4 Å². The van der Waals surface area contributed by atoms with E-state index in [1.807, 2.05) is 0 Å². The van der Waals surface area contributed by atoms with Crippen molar-refractivity contribution in [2.45, 2.75) is 13.3 Å². The molecule has 9 heteroatoms. The second-order valence-corrected chi connectivity index (χ2v) is 6.47. The third-order valence-corrected chi connectivity index (χ3v) is 4.41. The molecule has 2 aromatic rings. The number of aromatic nitrogens is 2. The van der Waals surface area contributed by atoms with Gasteiger partial charge in [0.1, 0.15) is 5.15 Å². The van der Waals surface area contributed by atoms with Crippen LogP contribution < -0.4 is 14.8 Å². The maximum absolute atomic E-state index is 12.0. The summed E-state index contributed by atoms with van der Waals surface area (Å²) < 4.78 is 17.6. The highest BCUT2D eigenvalue weighted by molar-refractivity contribution is 6.31. The molecule has 0 aliphatic carbocycles. The summed E-state index contributed by atoms with van der Waals surface area (Å²) in [5.41, 5.74) is 1.83. The summed E-state index contributed by atoms with van der Waals surface area (Å²) in [5, 5.41) is 7.21. The monoisotopic (exact) mass is 405 g/mol. The van der Waals surface area contributed by atoms with Crippen molar-refractivity contribution in [1.29, 1.82) is 0 Å². The number of carbonyl (C=O) groups excluding carboxylic acids is 2. The van der Waals surface area contributed by atoms with Gasteiger partial charge in [-0.05, 0) is 25.1 Å². The predicted octanol–water partition coefficient (Wildman–Crippen LogP) is 2.74. The van der Waals surface area contributed by atoms with E-state index in [0.29, 0.717) is 46.8 Å². The topological polar surface area (TPSA) is 91.7 Å². The Labute approximate surface area is 167 Å². The molecule has 8 nitrogen and oxygen atoms in total. The molecule has 0 saturated carbocycles. The van der Waals surface area contributed by atoms with Crippen LogP contribution in [0, 0.1) is 6.92 Å². The lowest BCUT2D eigenvalue weighted by Gasteiger charge is -2.10. The van der Waals surface area contributed by atoms with E-state index in [9.17, 15) is 9.59 Å². The third kappa shape index (κ3) is 4.83. The van der Waals surface area contributed by atoms with Gasteiger partial charge in [0.2, 0.25) is 0 Å². The molecular formula is C19H20ClN3O5. The molecule has 1 aromatic carbocycles. The third-order valence-electron chi connectivity index (χ3n) is 3.96. The minimum atomic E-state index is -0.659. The summed E-state index contributed by atoms with van der Waals surface area (Å²) in [4.78, 5) is 23.9. The maximum Gasteiger partial charge on any atom is 0.331 e. The molecule has 0 saturated heterocycles. The molecule has 0 radical (unpaired) electrons. The van der Waals surface area contributed by atoms with Crippen molar-refractivity contribution < 1.29 is 23.8 Å². The van der Waals surface area contributed by atoms with Gasteiger partial charge in [-0.3, -0.25) is 9.48 Å². The van der Waals surface area contributed by atoms with Gasteiger partial charge in [0.25, 0.3) is 5.91 Å². The van der Waals surface area contributed by atoms with Gasteiger partial charge in [-0.25, -0.2) is 4.79 Å². The van der Waals surface area contributed by atoms with Crippen molar-refractivity contribution in [3.8, 4) is 11.5 Å². The highest BCUT2D eigenvalue weighted by Gasteiger charge is 2.13. The average Bonchev–Trinajstić information content (AvgIpc) is 2.82. The molecule has 2 heterocycles. The van der Waals surface area contributed by atoms with E-state index in [-0.39, 0.29) is 0 Å². The van der Waals surface area contributed by atoms with Gasteiger partial charge in [0, 0.05) is 36.9 Å². The molecule has 0 fully saturated rings. The number of carbonyl (C=O) groups is 2. The molecule has 0 unspecified atom stereocenters. The Morgan fingerprint density at radius 2 is 2.07 bits per heavy atom. The minimum Gasteiger partial charge on any atom is -0.490 e. The lowest BCUT2D eigenvalue weighted by Crippen LogP contribution is -2.20. The molecule has 3 rings (SSSR count). The number of ether oxygens (including phenoxy) is 3. The zero-order chi connectivity index (χ0) is 20.1. The van der Waals surface area contributed by atoms with E-state index in [2.05, 4.69) is 10.4 Å². The van der Waals surface area contributed by atoms with Gasteiger partial charge >= 0.3 is 5.97 Å².